The Morgan fingerprint density at radius 1 is 0.600 bits per heavy atom. The fourth-order valence-corrected chi connectivity index (χ4v) is 14.9. The van der Waals surface area contributed by atoms with E-state index in [2.05, 4.69) is 6.92 Å². The van der Waals surface area contributed by atoms with Crippen LogP contribution < -0.4 is 0 Å². The van der Waals surface area contributed by atoms with Crippen LogP contribution in [0.4, 0.5) is 4.79 Å². The molecule has 8 amide bonds. The maximum atomic E-state index is 15.2. The predicted octanol–water partition coefficient (Wildman–Crippen LogP) is 6.32. The lowest BCUT2D eigenvalue weighted by Gasteiger charge is -2.43. The highest BCUT2D eigenvalue weighted by Crippen LogP contribution is 2.49. The van der Waals surface area contributed by atoms with Gasteiger partial charge in [-0.05, 0) is 114 Å². The zero-order valence-electron chi connectivity index (χ0n) is 48.0. The number of amides is 8. The van der Waals surface area contributed by atoms with E-state index in [0.717, 1.165) is 36.3 Å². The molecule has 0 spiro atoms. The molecule has 0 bridgehead atoms. The molecule has 420 valence electrons. The van der Waals surface area contributed by atoms with E-state index in [1.807, 2.05) is 100 Å². The first-order valence-corrected chi connectivity index (χ1v) is 29.3. The predicted molar refractivity (Wildman–Crippen MR) is 296 cm³/mol. The van der Waals surface area contributed by atoms with Crippen molar-refractivity contribution in [1.29, 1.82) is 0 Å². The van der Waals surface area contributed by atoms with Gasteiger partial charge in [-0.1, -0.05) is 71.9 Å². The van der Waals surface area contributed by atoms with Crippen LogP contribution in [0.3, 0.4) is 0 Å². The van der Waals surface area contributed by atoms with Gasteiger partial charge in [0.05, 0.1) is 10.1 Å². The molecule has 8 atom stereocenters. The fraction of sp³-hybridized carbons (Fsp3) is 0.750. The molecule has 1 aromatic carbocycles. The van der Waals surface area contributed by atoms with Crippen LogP contribution in [0.15, 0.2) is 30.3 Å². The molecular formula is C56H90N8O9S2. The number of hydrogen-bond acceptors (Lipinski definition) is 11. The Hall–Kier alpha value is -4.52. The second-order valence-corrected chi connectivity index (χ2v) is 26.8. The zero-order valence-corrected chi connectivity index (χ0v) is 49.6. The number of likely N-dealkylation sites (tertiary alicyclic amines) is 3. The minimum absolute atomic E-state index is 0.0201. The number of rotatable bonds is 18. The fourth-order valence-electron chi connectivity index (χ4n) is 11.6. The Labute approximate surface area is 456 Å². The van der Waals surface area contributed by atoms with E-state index in [-0.39, 0.29) is 28.4 Å². The Morgan fingerprint density at radius 2 is 1.05 bits per heavy atom. The van der Waals surface area contributed by atoms with Gasteiger partial charge in [-0.15, -0.1) is 23.5 Å². The largest absolute Gasteiger partial charge is 0.444 e. The van der Waals surface area contributed by atoms with Gasteiger partial charge in [0.2, 0.25) is 41.4 Å². The summed E-state index contributed by atoms with van der Waals surface area (Å²) in [5.74, 6) is -1.70. The summed E-state index contributed by atoms with van der Waals surface area (Å²) in [5, 5.41) is 0. The van der Waals surface area contributed by atoms with Crippen molar-refractivity contribution >= 4 is 71.0 Å². The van der Waals surface area contributed by atoms with Gasteiger partial charge in [0.25, 0.3) is 0 Å². The number of ether oxygens (including phenoxy) is 1. The highest BCUT2D eigenvalue weighted by Gasteiger charge is 2.50. The Morgan fingerprint density at radius 3 is 1.56 bits per heavy atom. The van der Waals surface area contributed by atoms with Crippen molar-refractivity contribution in [3.05, 3.63) is 35.9 Å². The van der Waals surface area contributed by atoms with Crippen molar-refractivity contribution in [2.75, 3.05) is 66.4 Å². The highest BCUT2D eigenvalue weighted by molar-refractivity contribution is 8.18. The summed E-state index contributed by atoms with van der Waals surface area (Å²) < 4.78 is 5.38. The Bertz CT molecular complexity index is 2200. The molecule has 0 aliphatic carbocycles. The molecule has 4 heterocycles. The summed E-state index contributed by atoms with van der Waals surface area (Å²) in [4.78, 5) is 128. The average molecular weight is 1080 g/mol. The molecule has 0 saturated carbocycles. The molecule has 0 N–H and O–H groups in total. The van der Waals surface area contributed by atoms with E-state index in [4.69, 9.17) is 4.74 Å². The van der Waals surface area contributed by atoms with Crippen molar-refractivity contribution in [1.82, 2.24) is 39.2 Å². The van der Waals surface area contributed by atoms with Crippen LogP contribution in [0.5, 0.6) is 0 Å². The lowest BCUT2D eigenvalue weighted by Crippen LogP contribution is -2.63. The molecule has 0 aromatic heterocycles. The highest BCUT2D eigenvalue weighted by atomic mass is 32.2. The number of benzene rings is 1. The van der Waals surface area contributed by atoms with Crippen LogP contribution in [0.2, 0.25) is 0 Å². The van der Waals surface area contributed by atoms with Gasteiger partial charge in [0, 0.05) is 61.3 Å². The number of likely N-dealkylation sites (N-methyl/N-ethyl adjacent to an activating group) is 5. The van der Waals surface area contributed by atoms with Gasteiger partial charge in [0.1, 0.15) is 47.9 Å². The third kappa shape index (κ3) is 14.0. The summed E-state index contributed by atoms with van der Waals surface area (Å²) in [6.45, 7) is 21.4. The lowest BCUT2D eigenvalue weighted by molar-refractivity contribution is -0.158. The first kappa shape index (κ1) is 61.3. The van der Waals surface area contributed by atoms with E-state index in [1.54, 1.807) is 60.8 Å². The summed E-state index contributed by atoms with van der Waals surface area (Å²) >= 11 is 3.87. The van der Waals surface area contributed by atoms with E-state index >= 15 is 14.4 Å². The monoisotopic (exact) mass is 1080 g/mol. The van der Waals surface area contributed by atoms with Gasteiger partial charge in [-0.3, -0.25) is 38.5 Å². The molecule has 75 heavy (non-hydrogen) atoms. The molecule has 4 saturated heterocycles. The van der Waals surface area contributed by atoms with Crippen molar-refractivity contribution in [3.63, 3.8) is 0 Å². The average Bonchev–Trinajstić information content (AvgIpc) is 4.17. The molecule has 4 fully saturated rings. The molecule has 0 unspecified atom stereocenters. The number of carbonyl (C=O) groups is 8. The first-order chi connectivity index (χ1) is 35.1. The Kier molecular flexibility index (Phi) is 21.1. The van der Waals surface area contributed by atoms with E-state index in [1.165, 1.54) is 36.4 Å². The standard InChI is InChI=1S/C56H90N8O9S2/c1-35(2)44(51(69)58(13)42(34-39-24-18-17-19-25-39)50(68)63-30-21-27-41(63)49(67)64-31-22-28-43(64)56(11)74-32-23-33-75-56)60(15)53(71)46(37(5)6)61(16)52(70)45(36(3)4)59(14)48(66)40-26-20-29-62(40)47(65)38(7)57(12)54(72)73-55(8,9)10/h17-19,24-25,35-38,40-46H,20-23,26-34H2,1-16H3/t38-,40-,41-,42-,43-,44-,45-,46-/m0/s1. The minimum Gasteiger partial charge on any atom is -0.444 e. The van der Waals surface area contributed by atoms with Gasteiger partial charge in [0.15, 0.2) is 0 Å². The maximum absolute atomic E-state index is 15.2. The van der Waals surface area contributed by atoms with Crippen LogP contribution in [0.25, 0.3) is 0 Å². The normalized spacial score (nSPS) is 21.9. The van der Waals surface area contributed by atoms with Crippen molar-refractivity contribution < 1.29 is 43.1 Å². The quantitative estimate of drug-likeness (QED) is 0.161. The van der Waals surface area contributed by atoms with Crippen LogP contribution in [-0.2, 0) is 44.7 Å². The molecular weight excluding hydrogens is 993 g/mol. The number of thioether (sulfide) groups is 2. The van der Waals surface area contributed by atoms with E-state index in [0.29, 0.717) is 45.3 Å². The van der Waals surface area contributed by atoms with Crippen LogP contribution >= 0.6 is 23.5 Å². The van der Waals surface area contributed by atoms with Gasteiger partial charge in [-0.2, -0.15) is 0 Å². The number of nitrogens with zero attached hydrogens (tertiary/aromatic N) is 8. The molecule has 4 aliphatic heterocycles. The molecule has 17 nitrogen and oxygen atoms in total. The second-order valence-electron chi connectivity index (χ2n) is 23.5. The SMILES string of the molecule is CC(C)[C@@H](C(=O)N(C)[C@H](C(=O)N(C)[C@@H](Cc1ccccc1)C(=O)N1CCC[C@H]1C(=O)N1CCC[C@H]1C1(C)SCCCS1)C(C)C)N(C)C(=O)[C@H](C(C)C)N(C)C(=O)[C@@H]1CCCN1C(=O)[C@H](C)N(C)C(=O)OC(C)(C)C. The Balaban J connectivity index is 1.36. The summed E-state index contributed by atoms with van der Waals surface area (Å²) in [5.41, 5.74) is 0.0740. The van der Waals surface area contributed by atoms with Crippen molar-refractivity contribution in [2.24, 2.45) is 17.8 Å². The zero-order chi connectivity index (χ0) is 56.0. The summed E-state index contributed by atoms with van der Waals surface area (Å²) in [6, 6.07) is 3.04. The van der Waals surface area contributed by atoms with Crippen LogP contribution in [-0.4, -0.2) is 211 Å². The molecule has 5 rings (SSSR count). The smallest absolute Gasteiger partial charge is 0.410 e. The van der Waals surface area contributed by atoms with Crippen LogP contribution in [0, 0.1) is 17.8 Å². The molecule has 1 aromatic rings. The number of hydrogen-bond donors (Lipinski definition) is 0. The van der Waals surface area contributed by atoms with Gasteiger partial charge < -0.3 is 39.0 Å². The summed E-state index contributed by atoms with van der Waals surface area (Å²) in [6.07, 6.45) is 4.66. The van der Waals surface area contributed by atoms with Crippen molar-refractivity contribution in [3.8, 4) is 0 Å². The third-order valence-corrected chi connectivity index (χ3v) is 19.2. The maximum Gasteiger partial charge on any atom is 0.410 e. The minimum atomic E-state index is -1.05. The van der Waals surface area contributed by atoms with Gasteiger partial charge in [-0.25, -0.2) is 4.79 Å². The molecule has 19 heteroatoms. The topological polar surface area (TPSA) is 172 Å². The second kappa shape index (κ2) is 25.8. The lowest BCUT2D eigenvalue weighted by atomic mass is 9.94. The summed E-state index contributed by atoms with van der Waals surface area (Å²) in [7, 11) is 7.75. The first-order valence-electron chi connectivity index (χ1n) is 27.3. The van der Waals surface area contributed by atoms with Crippen LogP contribution in [0.1, 0.15) is 127 Å². The number of carbonyl (C=O) groups excluding carboxylic acids is 8. The van der Waals surface area contributed by atoms with E-state index < -0.39 is 101 Å². The third-order valence-electron chi connectivity index (χ3n) is 15.8. The molecule has 4 aliphatic rings. The van der Waals surface area contributed by atoms with Gasteiger partial charge >= 0.3 is 6.09 Å². The molecule has 0 radical (unpaired) electrons. The van der Waals surface area contributed by atoms with Crippen molar-refractivity contribution in [2.45, 2.75) is 186 Å². The van der Waals surface area contributed by atoms with E-state index in [9.17, 15) is 24.0 Å².